The van der Waals surface area contributed by atoms with Crippen molar-refractivity contribution in [3.8, 4) is 44.5 Å². The van der Waals surface area contributed by atoms with E-state index >= 15 is 0 Å². The molecule has 0 spiro atoms. The zero-order valence-corrected chi connectivity index (χ0v) is 40.9. The Morgan fingerprint density at radius 1 is 0.397 bits per heavy atom. The summed E-state index contributed by atoms with van der Waals surface area (Å²) in [5.41, 5.74) is 17.8. The van der Waals surface area contributed by atoms with Gasteiger partial charge in [-0.2, -0.15) is 0 Å². The molecule has 0 unspecified atom stereocenters. The Hall–Kier alpha value is -7.65. The van der Waals surface area contributed by atoms with Crippen molar-refractivity contribution in [2.24, 2.45) is 0 Å². The van der Waals surface area contributed by atoms with E-state index in [2.05, 4.69) is 191 Å². The number of nitrogens with one attached hydrogen (secondary N) is 4. The Balaban J connectivity index is 1.46. The highest BCUT2D eigenvalue weighted by atomic mass is 16.2. The first-order valence-electron chi connectivity index (χ1n) is 23.3. The van der Waals surface area contributed by atoms with Gasteiger partial charge in [0.1, 0.15) is 0 Å². The fourth-order valence-electron chi connectivity index (χ4n) is 9.09. The lowest BCUT2D eigenvalue weighted by Crippen LogP contribution is -2.12. The molecule has 342 valence electrons. The largest absolute Gasteiger partial charge is 0.354 e. The van der Waals surface area contributed by atoms with Crippen molar-refractivity contribution >= 4 is 69.6 Å². The minimum atomic E-state index is -0.282. The van der Waals surface area contributed by atoms with Crippen molar-refractivity contribution in [2.45, 2.75) is 92.4 Å². The minimum Gasteiger partial charge on any atom is -0.354 e. The molecule has 9 nitrogen and oxygen atoms in total. The van der Waals surface area contributed by atoms with E-state index in [1.54, 1.807) is 12.4 Å². The zero-order valence-electron chi connectivity index (χ0n) is 40.9. The highest BCUT2D eigenvalue weighted by Crippen LogP contribution is 2.43. The number of amides is 2. The zero-order chi connectivity index (χ0) is 48.3. The molecule has 4 aromatic heterocycles. The van der Waals surface area contributed by atoms with Crippen LogP contribution in [0.25, 0.3) is 90.9 Å². The second-order valence-corrected chi connectivity index (χ2v) is 21.0. The van der Waals surface area contributed by atoms with E-state index in [4.69, 9.17) is 9.97 Å². The number of carbonyl (C=O) groups is 2. The smallest absolute Gasteiger partial charge is 0.221 e. The first-order valence-corrected chi connectivity index (χ1v) is 23.3. The van der Waals surface area contributed by atoms with Crippen LogP contribution in [0.2, 0.25) is 0 Å². The van der Waals surface area contributed by atoms with Gasteiger partial charge in [-0.3, -0.25) is 14.6 Å². The van der Waals surface area contributed by atoms with Crippen LogP contribution in [0.4, 0.5) is 11.4 Å². The summed E-state index contributed by atoms with van der Waals surface area (Å²) < 4.78 is 0. The number of H-pyrrole nitrogens is 2. The van der Waals surface area contributed by atoms with Crippen molar-refractivity contribution in [2.75, 3.05) is 10.6 Å². The molecule has 2 amide bonds. The van der Waals surface area contributed by atoms with Crippen LogP contribution in [0.1, 0.15) is 116 Å². The first-order chi connectivity index (χ1) is 32.2. The Morgan fingerprint density at radius 3 is 0.956 bits per heavy atom. The van der Waals surface area contributed by atoms with Gasteiger partial charge in [-0.05, 0) is 98.2 Å². The van der Waals surface area contributed by atoms with Crippen molar-refractivity contribution in [3.05, 3.63) is 149 Å². The second kappa shape index (κ2) is 17.2. The van der Waals surface area contributed by atoms with Crippen molar-refractivity contribution in [1.29, 1.82) is 0 Å². The molecule has 2 aliphatic rings. The maximum absolute atomic E-state index is 12.9. The molecule has 8 bridgehead atoms. The molecule has 3 aromatic carbocycles. The van der Waals surface area contributed by atoms with E-state index in [1.807, 2.05) is 18.2 Å². The maximum atomic E-state index is 12.9. The van der Waals surface area contributed by atoms with Crippen LogP contribution >= 0.6 is 0 Å². The minimum absolute atomic E-state index is 0.0141. The Bertz CT molecular complexity index is 3270. The second-order valence-electron chi connectivity index (χ2n) is 21.0. The number of anilines is 2. The number of benzene rings is 3. The molecule has 0 atom stereocenters. The Morgan fingerprint density at radius 2 is 0.676 bits per heavy atom. The number of nitrogens with zero attached hydrogens (tertiary/aromatic N) is 3. The number of aromatic amines is 2. The lowest BCUT2D eigenvalue weighted by atomic mass is 9.86. The summed E-state index contributed by atoms with van der Waals surface area (Å²) in [4.78, 5) is 48.8. The van der Waals surface area contributed by atoms with Gasteiger partial charge in [0.2, 0.25) is 11.8 Å². The van der Waals surface area contributed by atoms with Gasteiger partial charge < -0.3 is 20.6 Å². The van der Waals surface area contributed by atoms with E-state index in [-0.39, 0.29) is 28.1 Å². The van der Waals surface area contributed by atoms with E-state index in [1.165, 1.54) is 30.5 Å². The standard InChI is InChI=1S/C59H59N7O2/c1-34(67)61-50-32-60-33-51(62-35(2)68)56(50)55-48-30-28-46(65-48)53(37-14-20-40(21-15-37)58(6,7)8)44-26-24-42(63-44)52(36-12-18-39(19-13-36)57(3,4)5)43-25-27-45(64-43)54(47-29-31-49(55)66-47)38-16-22-41(23-17-38)59(9,10)11/h12-33,63,66H,1-11H3,(H,61,67)(H,62,68). The molecule has 4 N–H and O–H groups in total. The first kappa shape index (κ1) is 45.5. The van der Waals surface area contributed by atoms with E-state index < -0.39 is 0 Å². The van der Waals surface area contributed by atoms with E-state index in [9.17, 15) is 9.59 Å². The summed E-state index contributed by atoms with van der Waals surface area (Å²) in [6.45, 7) is 22.9. The van der Waals surface area contributed by atoms with Gasteiger partial charge in [0.05, 0.1) is 46.5 Å². The highest BCUT2D eigenvalue weighted by Gasteiger charge is 2.24. The number of aromatic nitrogens is 5. The van der Waals surface area contributed by atoms with E-state index in [0.717, 1.165) is 67.0 Å². The summed E-state index contributed by atoms with van der Waals surface area (Å²) >= 11 is 0. The normalized spacial score (nSPS) is 12.6. The molecule has 0 aliphatic carbocycles. The predicted molar refractivity (Wildman–Crippen MR) is 283 cm³/mol. The van der Waals surface area contributed by atoms with Crippen molar-refractivity contribution < 1.29 is 9.59 Å². The molecule has 9 heteroatoms. The maximum Gasteiger partial charge on any atom is 0.221 e. The quantitative estimate of drug-likeness (QED) is 0.132. The lowest BCUT2D eigenvalue weighted by molar-refractivity contribution is -0.115. The summed E-state index contributed by atoms with van der Waals surface area (Å²) in [5, 5.41) is 5.99. The van der Waals surface area contributed by atoms with Crippen LogP contribution < -0.4 is 10.6 Å². The molecule has 0 fully saturated rings. The van der Waals surface area contributed by atoms with Crippen molar-refractivity contribution in [3.63, 3.8) is 0 Å². The third-order valence-electron chi connectivity index (χ3n) is 12.7. The summed E-state index contributed by atoms with van der Waals surface area (Å²) in [6.07, 6.45) is 11.5. The van der Waals surface area contributed by atoms with Crippen LogP contribution in [-0.2, 0) is 25.8 Å². The third-order valence-corrected chi connectivity index (χ3v) is 12.7. The average molecular weight is 898 g/mol. The molecule has 7 aromatic rings. The third kappa shape index (κ3) is 8.96. The van der Waals surface area contributed by atoms with Crippen LogP contribution in [-0.4, -0.2) is 36.7 Å². The summed E-state index contributed by atoms with van der Waals surface area (Å²) in [7, 11) is 0. The number of hydrogen-bond acceptors (Lipinski definition) is 5. The topological polar surface area (TPSA) is 128 Å². The van der Waals surface area contributed by atoms with Gasteiger partial charge in [-0.25, -0.2) is 9.97 Å². The fourth-order valence-corrected chi connectivity index (χ4v) is 9.09. The molecular weight excluding hydrogens is 839 g/mol. The molecule has 6 heterocycles. The van der Waals surface area contributed by atoms with Crippen LogP contribution in [0.15, 0.2) is 109 Å². The van der Waals surface area contributed by atoms with Crippen molar-refractivity contribution in [1.82, 2.24) is 24.9 Å². The van der Waals surface area contributed by atoms with Crippen LogP contribution in [0, 0.1) is 0 Å². The molecule has 0 saturated carbocycles. The summed E-state index contributed by atoms with van der Waals surface area (Å²) in [6, 6.07) is 34.7. The summed E-state index contributed by atoms with van der Waals surface area (Å²) in [5.74, 6) is -0.563. The van der Waals surface area contributed by atoms with Gasteiger partial charge in [0.15, 0.2) is 0 Å². The Kier molecular flexibility index (Phi) is 11.5. The number of hydrogen-bond donors (Lipinski definition) is 4. The molecule has 9 rings (SSSR count). The SMILES string of the molecule is CC(=O)Nc1cncc(NC(C)=O)c1-c1c2nc(c(-c3ccc(C(C)(C)C)cc3)c3ccc([nH]3)c(-c3ccc(C(C)(C)C)cc3)c3nc(c(-c4ccc(C(C)(C)C)cc4)c4ccc1[nH]4)C=C3)C=C2. The van der Waals surface area contributed by atoms with Gasteiger partial charge in [-0.1, -0.05) is 135 Å². The highest BCUT2D eigenvalue weighted by molar-refractivity contribution is 6.07. The molecule has 68 heavy (non-hydrogen) atoms. The van der Waals surface area contributed by atoms with Gasteiger partial charge >= 0.3 is 0 Å². The van der Waals surface area contributed by atoms with Crippen LogP contribution in [0.3, 0.4) is 0 Å². The fraction of sp³-hybridized carbons (Fsp3) is 0.237. The number of rotatable bonds is 6. The Labute approximate surface area is 399 Å². The van der Waals surface area contributed by atoms with Gasteiger partial charge in [0, 0.05) is 63.7 Å². The average Bonchev–Trinajstić information content (AvgIpc) is 4.12. The monoisotopic (exact) mass is 897 g/mol. The van der Waals surface area contributed by atoms with Gasteiger partial charge in [-0.15, -0.1) is 0 Å². The predicted octanol–water partition coefficient (Wildman–Crippen LogP) is 14.5. The van der Waals surface area contributed by atoms with E-state index in [0.29, 0.717) is 33.7 Å². The lowest BCUT2D eigenvalue weighted by Gasteiger charge is -2.19. The molecule has 0 saturated heterocycles. The molecular formula is C59H59N7O2. The molecule has 0 radical (unpaired) electrons. The van der Waals surface area contributed by atoms with Gasteiger partial charge in [0.25, 0.3) is 0 Å². The number of fused-ring (bicyclic) bond motifs is 8. The number of pyridine rings is 1. The van der Waals surface area contributed by atoms with Crippen LogP contribution in [0.5, 0.6) is 0 Å². The number of carbonyl (C=O) groups excluding carboxylic acids is 2. The molecule has 2 aliphatic heterocycles.